The highest BCUT2D eigenvalue weighted by Gasteiger charge is 2.24. The van der Waals surface area contributed by atoms with Crippen LogP contribution in [0.3, 0.4) is 0 Å². The van der Waals surface area contributed by atoms with Crippen molar-refractivity contribution in [2.45, 2.75) is 51.9 Å². The van der Waals surface area contributed by atoms with E-state index in [1.807, 2.05) is 67.6 Å². The highest BCUT2D eigenvalue weighted by atomic mass is 16.5. The smallest absolute Gasteiger partial charge is 0.310 e. The Morgan fingerprint density at radius 3 is 2.18 bits per heavy atom. The number of esters is 1. The SMILES string of the molecule is CC1CCCC(=O)c2c(cc(OCc3ccccc3)cc2OCc2ccccc2)CC(=O)O1. The van der Waals surface area contributed by atoms with Gasteiger partial charge in [-0.05, 0) is 42.5 Å². The molecule has 1 aliphatic heterocycles. The lowest BCUT2D eigenvalue weighted by molar-refractivity contribution is -0.147. The van der Waals surface area contributed by atoms with Gasteiger partial charge in [-0.2, -0.15) is 0 Å². The molecule has 1 unspecified atom stereocenters. The number of fused-ring (bicyclic) bond motifs is 1. The first-order chi connectivity index (χ1) is 16.1. The average Bonchev–Trinajstić information content (AvgIpc) is 2.82. The number of carbonyl (C=O) groups is 2. The summed E-state index contributed by atoms with van der Waals surface area (Å²) in [5, 5.41) is 0. The van der Waals surface area contributed by atoms with Crippen molar-refractivity contribution in [3.63, 3.8) is 0 Å². The first-order valence-electron chi connectivity index (χ1n) is 11.3. The van der Waals surface area contributed by atoms with Crippen LogP contribution in [0, 0.1) is 0 Å². The standard InChI is InChI=1S/C28H28O5/c1-20-9-8-14-25(29)28-23(16-27(30)33-20)15-24(31-18-21-10-4-2-5-11-21)17-26(28)32-19-22-12-6-3-7-13-22/h2-7,10-13,15,17,20H,8-9,14,16,18-19H2,1H3. The molecule has 0 bridgehead atoms. The summed E-state index contributed by atoms with van der Waals surface area (Å²) in [5.41, 5.74) is 3.04. The van der Waals surface area contributed by atoms with Crippen molar-refractivity contribution in [1.82, 2.24) is 0 Å². The van der Waals surface area contributed by atoms with Crippen LogP contribution in [-0.4, -0.2) is 17.9 Å². The van der Waals surface area contributed by atoms with Crippen molar-refractivity contribution >= 4 is 11.8 Å². The van der Waals surface area contributed by atoms with Crippen molar-refractivity contribution in [2.24, 2.45) is 0 Å². The predicted octanol–water partition coefficient (Wildman–Crippen LogP) is 5.69. The fourth-order valence-electron chi connectivity index (χ4n) is 3.93. The summed E-state index contributed by atoms with van der Waals surface area (Å²) in [5.74, 6) is 0.606. The van der Waals surface area contributed by atoms with E-state index in [1.54, 1.807) is 12.1 Å². The van der Waals surface area contributed by atoms with E-state index in [1.165, 1.54) is 0 Å². The minimum atomic E-state index is -0.354. The lowest BCUT2D eigenvalue weighted by atomic mass is 9.95. The number of Topliss-reactive ketones (excluding diaryl/α,β-unsaturated/α-hetero) is 1. The molecule has 4 rings (SSSR count). The highest BCUT2D eigenvalue weighted by molar-refractivity contribution is 6.01. The molecule has 1 heterocycles. The summed E-state index contributed by atoms with van der Waals surface area (Å²) in [7, 11) is 0. The molecule has 3 aromatic rings. The van der Waals surface area contributed by atoms with E-state index < -0.39 is 0 Å². The van der Waals surface area contributed by atoms with Crippen LogP contribution in [0.25, 0.3) is 0 Å². The Balaban J connectivity index is 1.67. The maximum absolute atomic E-state index is 13.2. The topological polar surface area (TPSA) is 61.8 Å². The lowest BCUT2D eigenvalue weighted by Gasteiger charge is -2.20. The Hall–Kier alpha value is -3.60. The van der Waals surface area contributed by atoms with E-state index in [-0.39, 0.29) is 24.3 Å². The first-order valence-corrected chi connectivity index (χ1v) is 11.3. The summed E-state index contributed by atoms with van der Waals surface area (Å²) in [6.45, 7) is 2.54. The van der Waals surface area contributed by atoms with Crippen LogP contribution in [0.4, 0.5) is 0 Å². The van der Waals surface area contributed by atoms with Crippen molar-refractivity contribution in [3.8, 4) is 11.5 Å². The molecule has 1 atom stereocenters. The van der Waals surface area contributed by atoms with Gasteiger partial charge in [-0.3, -0.25) is 9.59 Å². The summed E-state index contributed by atoms with van der Waals surface area (Å²) in [4.78, 5) is 25.7. The van der Waals surface area contributed by atoms with Gasteiger partial charge < -0.3 is 14.2 Å². The van der Waals surface area contributed by atoms with E-state index in [4.69, 9.17) is 14.2 Å². The van der Waals surface area contributed by atoms with Crippen molar-refractivity contribution in [1.29, 1.82) is 0 Å². The van der Waals surface area contributed by atoms with Gasteiger partial charge in [0.15, 0.2) is 5.78 Å². The van der Waals surface area contributed by atoms with Gasteiger partial charge in [-0.15, -0.1) is 0 Å². The van der Waals surface area contributed by atoms with E-state index >= 15 is 0 Å². The largest absolute Gasteiger partial charge is 0.489 e. The molecule has 33 heavy (non-hydrogen) atoms. The van der Waals surface area contributed by atoms with E-state index in [0.29, 0.717) is 55.1 Å². The van der Waals surface area contributed by atoms with Crippen LogP contribution in [0.15, 0.2) is 72.8 Å². The summed E-state index contributed by atoms with van der Waals surface area (Å²) < 4.78 is 17.7. The number of hydrogen-bond donors (Lipinski definition) is 0. The van der Waals surface area contributed by atoms with Crippen LogP contribution in [0.5, 0.6) is 11.5 Å². The van der Waals surface area contributed by atoms with Gasteiger partial charge in [0.05, 0.1) is 18.1 Å². The predicted molar refractivity (Wildman–Crippen MR) is 125 cm³/mol. The van der Waals surface area contributed by atoms with Crippen LogP contribution in [-0.2, 0) is 29.2 Å². The zero-order valence-electron chi connectivity index (χ0n) is 18.8. The van der Waals surface area contributed by atoms with Crippen LogP contribution in [0.1, 0.15) is 53.2 Å². The molecule has 170 valence electrons. The quantitative estimate of drug-likeness (QED) is 0.458. The summed E-state index contributed by atoms with van der Waals surface area (Å²) in [6, 6.07) is 23.1. The number of carbonyl (C=O) groups excluding carboxylic acids is 2. The van der Waals surface area contributed by atoms with Crippen LogP contribution in [0.2, 0.25) is 0 Å². The third-order valence-electron chi connectivity index (χ3n) is 5.60. The second-order valence-corrected chi connectivity index (χ2v) is 8.30. The number of cyclic esters (lactones) is 1. The monoisotopic (exact) mass is 444 g/mol. The molecule has 0 N–H and O–H groups in total. The first kappa shape index (κ1) is 22.6. The maximum Gasteiger partial charge on any atom is 0.310 e. The van der Waals surface area contributed by atoms with Crippen molar-refractivity contribution in [3.05, 3.63) is 95.1 Å². The molecule has 0 spiro atoms. The molecule has 0 saturated carbocycles. The number of rotatable bonds is 6. The molecule has 1 aliphatic rings. The molecule has 0 amide bonds. The van der Waals surface area contributed by atoms with Crippen molar-refractivity contribution in [2.75, 3.05) is 0 Å². The van der Waals surface area contributed by atoms with Gasteiger partial charge in [0.25, 0.3) is 0 Å². The van der Waals surface area contributed by atoms with E-state index in [9.17, 15) is 9.59 Å². The number of hydrogen-bond acceptors (Lipinski definition) is 5. The Morgan fingerprint density at radius 2 is 1.52 bits per heavy atom. The third-order valence-corrected chi connectivity index (χ3v) is 5.60. The maximum atomic E-state index is 13.2. The Morgan fingerprint density at radius 1 is 0.879 bits per heavy atom. The van der Waals surface area contributed by atoms with Gasteiger partial charge in [0, 0.05) is 12.5 Å². The second-order valence-electron chi connectivity index (χ2n) is 8.30. The Bertz CT molecular complexity index is 1090. The molecule has 0 aliphatic carbocycles. The zero-order valence-corrected chi connectivity index (χ0v) is 18.8. The molecule has 3 aromatic carbocycles. The Labute approximate surface area is 194 Å². The molecule has 0 radical (unpaired) electrons. The average molecular weight is 445 g/mol. The molecule has 0 saturated heterocycles. The van der Waals surface area contributed by atoms with Gasteiger partial charge >= 0.3 is 5.97 Å². The minimum Gasteiger partial charge on any atom is -0.489 e. The van der Waals surface area contributed by atoms with E-state index in [2.05, 4.69) is 0 Å². The van der Waals surface area contributed by atoms with Gasteiger partial charge in [0.2, 0.25) is 0 Å². The summed E-state index contributed by atoms with van der Waals surface area (Å²) >= 11 is 0. The van der Waals surface area contributed by atoms with Gasteiger partial charge in [-0.1, -0.05) is 60.7 Å². The van der Waals surface area contributed by atoms with Crippen molar-refractivity contribution < 1.29 is 23.8 Å². The minimum absolute atomic E-state index is 0.00432. The summed E-state index contributed by atoms with van der Waals surface area (Å²) in [6.07, 6.45) is 1.47. The molecule has 0 fully saturated rings. The number of ketones is 1. The zero-order chi connectivity index (χ0) is 23.0. The van der Waals surface area contributed by atoms with Crippen LogP contribution >= 0.6 is 0 Å². The second kappa shape index (κ2) is 10.8. The fourth-order valence-corrected chi connectivity index (χ4v) is 3.93. The lowest BCUT2D eigenvalue weighted by Crippen LogP contribution is -2.20. The Kier molecular flexibility index (Phi) is 7.40. The van der Waals surface area contributed by atoms with Gasteiger partial charge in [0.1, 0.15) is 24.7 Å². The number of benzene rings is 3. The number of ether oxygens (including phenoxy) is 3. The third kappa shape index (κ3) is 6.22. The molecular formula is C28H28O5. The van der Waals surface area contributed by atoms with Crippen LogP contribution < -0.4 is 9.47 Å². The van der Waals surface area contributed by atoms with E-state index in [0.717, 1.165) is 11.1 Å². The fraction of sp³-hybridized carbons (Fsp3) is 0.286. The molecule has 5 heteroatoms. The molecule has 5 nitrogen and oxygen atoms in total. The highest BCUT2D eigenvalue weighted by Crippen LogP contribution is 2.33. The molecular weight excluding hydrogens is 416 g/mol. The molecule has 0 aromatic heterocycles. The normalized spacial score (nSPS) is 16.5. The van der Waals surface area contributed by atoms with Gasteiger partial charge in [-0.25, -0.2) is 0 Å².